The lowest BCUT2D eigenvalue weighted by Crippen LogP contribution is -2.42. The summed E-state index contributed by atoms with van der Waals surface area (Å²) in [6.45, 7) is 1.43. The molecule has 0 bridgehead atoms. The Bertz CT molecular complexity index is 403. The third-order valence-corrected chi connectivity index (χ3v) is 2.07. The Morgan fingerprint density at radius 1 is 1.41 bits per heavy atom. The van der Waals surface area contributed by atoms with Gasteiger partial charge in [0, 0.05) is 6.04 Å². The lowest BCUT2D eigenvalue weighted by Gasteiger charge is -2.15. The largest absolute Gasteiger partial charge is 0.471 e. The molecule has 1 atom stereocenters. The maximum atomic E-state index is 12.8. The Morgan fingerprint density at radius 2 is 2.06 bits per heavy atom. The molecule has 6 heteroatoms. The van der Waals surface area contributed by atoms with Crippen LogP contribution in [0.5, 0.6) is 0 Å². The molecule has 1 N–H and O–H groups in total. The van der Waals surface area contributed by atoms with Crippen LogP contribution in [0.3, 0.4) is 0 Å². The number of carbonyl (C=O) groups is 1. The second-order valence-corrected chi connectivity index (χ2v) is 3.71. The highest BCUT2D eigenvalue weighted by atomic mass is 19.4. The van der Waals surface area contributed by atoms with E-state index in [1.165, 1.54) is 25.1 Å². The van der Waals surface area contributed by atoms with Gasteiger partial charge in [0.2, 0.25) is 0 Å². The first-order valence-corrected chi connectivity index (χ1v) is 4.91. The van der Waals surface area contributed by atoms with Crippen molar-refractivity contribution in [1.29, 1.82) is 0 Å². The number of halogens is 4. The summed E-state index contributed by atoms with van der Waals surface area (Å²) >= 11 is 0. The summed E-state index contributed by atoms with van der Waals surface area (Å²) < 4.78 is 48.6. The molecule has 1 aromatic carbocycles. The van der Waals surface area contributed by atoms with Gasteiger partial charge in [0.25, 0.3) is 0 Å². The van der Waals surface area contributed by atoms with E-state index in [4.69, 9.17) is 0 Å². The minimum absolute atomic E-state index is 0.138. The predicted molar refractivity (Wildman–Crippen MR) is 53.8 cm³/mol. The topological polar surface area (TPSA) is 29.1 Å². The van der Waals surface area contributed by atoms with Gasteiger partial charge in [-0.2, -0.15) is 13.2 Å². The number of hydrogen-bond donors (Lipinski definition) is 1. The monoisotopic (exact) mass is 249 g/mol. The number of rotatable bonds is 3. The first-order chi connectivity index (χ1) is 7.79. The zero-order valence-corrected chi connectivity index (χ0v) is 9.01. The van der Waals surface area contributed by atoms with Gasteiger partial charge in [-0.05, 0) is 31.0 Å². The number of alkyl halides is 3. The molecule has 0 spiro atoms. The summed E-state index contributed by atoms with van der Waals surface area (Å²) in [5.74, 6) is -2.45. The minimum Gasteiger partial charge on any atom is -0.345 e. The van der Waals surface area contributed by atoms with Crippen LogP contribution in [0.15, 0.2) is 24.3 Å². The molecule has 2 nitrogen and oxygen atoms in total. The van der Waals surface area contributed by atoms with Crippen LogP contribution in [-0.4, -0.2) is 18.1 Å². The SMILES string of the molecule is CC(Cc1cccc(F)c1)NC(=O)C(F)(F)F. The van der Waals surface area contributed by atoms with Crippen LogP contribution in [0.4, 0.5) is 17.6 Å². The summed E-state index contributed by atoms with van der Waals surface area (Å²) in [7, 11) is 0. The molecule has 0 heterocycles. The second-order valence-electron chi connectivity index (χ2n) is 3.71. The molecular weight excluding hydrogens is 238 g/mol. The Kier molecular flexibility index (Phi) is 4.09. The van der Waals surface area contributed by atoms with E-state index in [9.17, 15) is 22.4 Å². The minimum atomic E-state index is -4.89. The lowest BCUT2D eigenvalue weighted by atomic mass is 10.1. The second kappa shape index (κ2) is 5.16. The number of nitrogens with one attached hydrogen (secondary N) is 1. The molecule has 0 fully saturated rings. The number of benzene rings is 1. The fraction of sp³-hybridized carbons (Fsp3) is 0.364. The normalized spacial score (nSPS) is 13.2. The quantitative estimate of drug-likeness (QED) is 0.819. The van der Waals surface area contributed by atoms with Gasteiger partial charge in [-0.1, -0.05) is 12.1 Å². The zero-order valence-electron chi connectivity index (χ0n) is 9.01. The molecule has 0 aliphatic rings. The van der Waals surface area contributed by atoms with Gasteiger partial charge >= 0.3 is 12.1 Å². The first kappa shape index (κ1) is 13.5. The molecule has 0 saturated heterocycles. The maximum Gasteiger partial charge on any atom is 0.471 e. The van der Waals surface area contributed by atoms with E-state index in [1.807, 2.05) is 0 Å². The molecule has 0 aromatic heterocycles. The van der Waals surface area contributed by atoms with Crippen molar-refractivity contribution in [3.05, 3.63) is 35.6 Å². The fourth-order valence-corrected chi connectivity index (χ4v) is 1.37. The van der Waals surface area contributed by atoms with Gasteiger partial charge in [-0.25, -0.2) is 4.39 Å². The number of hydrogen-bond acceptors (Lipinski definition) is 1. The Morgan fingerprint density at radius 3 is 2.59 bits per heavy atom. The van der Waals surface area contributed by atoms with E-state index in [1.54, 1.807) is 11.4 Å². The average molecular weight is 249 g/mol. The Labute approximate surface area is 95.6 Å². The van der Waals surface area contributed by atoms with E-state index < -0.39 is 23.9 Å². The number of amides is 1. The molecule has 1 amide bonds. The molecule has 94 valence electrons. The molecule has 17 heavy (non-hydrogen) atoms. The van der Waals surface area contributed by atoms with Gasteiger partial charge in [0.05, 0.1) is 0 Å². The molecule has 0 aliphatic heterocycles. The van der Waals surface area contributed by atoms with E-state index in [-0.39, 0.29) is 6.42 Å². The average Bonchev–Trinajstić information content (AvgIpc) is 2.15. The number of carbonyl (C=O) groups excluding carboxylic acids is 1. The first-order valence-electron chi connectivity index (χ1n) is 4.91. The van der Waals surface area contributed by atoms with Crippen molar-refractivity contribution in [3.8, 4) is 0 Å². The van der Waals surface area contributed by atoms with Crippen LogP contribution in [0.1, 0.15) is 12.5 Å². The Balaban J connectivity index is 2.56. The van der Waals surface area contributed by atoms with Gasteiger partial charge < -0.3 is 5.32 Å². The van der Waals surface area contributed by atoms with E-state index in [0.29, 0.717) is 5.56 Å². The van der Waals surface area contributed by atoms with Crippen LogP contribution in [0.25, 0.3) is 0 Å². The molecule has 0 radical (unpaired) electrons. The molecule has 0 aliphatic carbocycles. The maximum absolute atomic E-state index is 12.8. The third kappa shape index (κ3) is 4.42. The third-order valence-electron chi connectivity index (χ3n) is 2.07. The molecule has 0 saturated carbocycles. The highest BCUT2D eigenvalue weighted by Crippen LogP contribution is 2.15. The summed E-state index contributed by atoms with van der Waals surface area (Å²) in [5.41, 5.74) is 0.528. The van der Waals surface area contributed by atoms with E-state index in [0.717, 1.165) is 0 Å². The summed E-state index contributed by atoms with van der Waals surface area (Å²) in [6, 6.07) is 4.78. The molecule has 1 rings (SSSR count). The molecule has 1 aromatic rings. The highest BCUT2D eigenvalue weighted by Gasteiger charge is 2.39. The lowest BCUT2D eigenvalue weighted by molar-refractivity contribution is -0.174. The predicted octanol–water partition coefficient (Wildman–Crippen LogP) is 2.44. The van der Waals surface area contributed by atoms with E-state index >= 15 is 0 Å². The summed E-state index contributed by atoms with van der Waals surface area (Å²) in [5, 5.41) is 1.80. The fourth-order valence-electron chi connectivity index (χ4n) is 1.37. The van der Waals surface area contributed by atoms with Crippen molar-refractivity contribution in [1.82, 2.24) is 5.32 Å². The van der Waals surface area contributed by atoms with Crippen molar-refractivity contribution in [3.63, 3.8) is 0 Å². The van der Waals surface area contributed by atoms with Crippen LogP contribution >= 0.6 is 0 Å². The van der Waals surface area contributed by atoms with Crippen LogP contribution < -0.4 is 5.32 Å². The highest BCUT2D eigenvalue weighted by molar-refractivity contribution is 5.81. The van der Waals surface area contributed by atoms with Gasteiger partial charge in [0.1, 0.15) is 5.82 Å². The zero-order chi connectivity index (χ0) is 13.1. The molecule has 1 unspecified atom stereocenters. The van der Waals surface area contributed by atoms with Gasteiger partial charge in [-0.15, -0.1) is 0 Å². The van der Waals surface area contributed by atoms with Crippen LogP contribution in [-0.2, 0) is 11.2 Å². The van der Waals surface area contributed by atoms with Gasteiger partial charge in [-0.3, -0.25) is 4.79 Å². The Hall–Kier alpha value is -1.59. The smallest absolute Gasteiger partial charge is 0.345 e. The van der Waals surface area contributed by atoms with Crippen molar-refractivity contribution in [2.24, 2.45) is 0 Å². The van der Waals surface area contributed by atoms with E-state index in [2.05, 4.69) is 0 Å². The van der Waals surface area contributed by atoms with Gasteiger partial charge in [0.15, 0.2) is 0 Å². The standard InChI is InChI=1S/C11H11F4NO/c1-7(16-10(17)11(13,14)15)5-8-3-2-4-9(12)6-8/h2-4,6-7H,5H2,1H3,(H,16,17). The van der Waals surface area contributed by atoms with Crippen LogP contribution in [0, 0.1) is 5.82 Å². The van der Waals surface area contributed by atoms with Crippen LogP contribution in [0.2, 0.25) is 0 Å². The van der Waals surface area contributed by atoms with Crippen molar-refractivity contribution < 1.29 is 22.4 Å². The summed E-state index contributed by atoms with van der Waals surface area (Å²) in [6.07, 6.45) is -4.75. The van der Waals surface area contributed by atoms with Crippen molar-refractivity contribution in [2.45, 2.75) is 25.6 Å². The molecular formula is C11H11F4NO. The summed E-state index contributed by atoms with van der Waals surface area (Å²) in [4.78, 5) is 10.6. The van der Waals surface area contributed by atoms with Crippen molar-refractivity contribution >= 4 is 5.91 Å². The van der Waals surface area contributed by atoms with Crippen molar-refractivity contribution in [2.75, 3.05) is 0 Å².